The van der Waals surface area contributed by atoms with E-state index in [2.05, 4.69) is 30.6 Å². The lowest BCUT2D eigenvalue weighted by atomic mass is 9.71. The summed E-state index contributed by atoms with van der Waals surface area (Å²) in [6.45, 7) is 8.12. The van der Waals surface area contributed by atoms with Crippen LogP contribution in [0.5, 0.6) is 5.75 Å². The fraction of sp³-hybridized carbons (Fsp3) is 0.440. The lowest BCUT2D eigenvalue weighted by molar-refractivity contribution is 0.0652. The average molecular weight is 420 g/mol. The fourth-order valence-electron chi connectivity index (χ4n) is 4.71. The summed E-state index contributed by atoms with van der Waals surface area (Å²) in [6.07, 6.45) is 0.935. The monoisotopic (exact) mass is 419 g/mol. The summed E-state index contributed by atoms with van der Waals surface area (Å²) in [7, 11) is 0. The topological polar surface area (TPSA) is 83.4 Å². The molecule has 0 unspecified atom stereocenters. The Balaban J connectivity index is 1.47. The SMILES string of the molecule is CCOc1ccc(C(=O)NCC(C)(C)[C@@H]2Nc3ccc(C#N)cc3[C@@H]3OCC[C@@H]23)cc1. The zero-order chi connectivity index (χ0) is 22.0. The van der Waals surface area contributed by atoms with Crippen LogP contribution in [0.3, 0.4) is 0 Å². The quantitative estimate of drug-likeness (QED) is 0.730. The van der Waals surface area contributed by atoms with Gasteiger partial charge in [-0.1, -0.05) is 13.8 Å². The van der Waals surface area contributed by atoms with E-state index in [-0.39, 0.29) is 23.5 Å². The number of nitrogens with zero attached hydrogens (tertiary/aromatic N) is 1. The molecule has 2 aromatic carbocycles. The third-order valence-electron chi connectivity index (χ3n) is 6.34. The van der Waals surface area contributed by atoms with Crippen molar-refractivity contribution in [2.24, 2.45) is 11.3 Å². The Labute approximate surface area is 183 Å². The van der Waals surface area contributed by atoms with Crippen LogP contribution in [0.25, 0.3) is 0 Å². The number of hydrogen-bond donors (Lipinski definition) is 2. The van der Waals surface area contributed by atoms with Crippen molar-refractivity contribution in [1.29, 1.82) is 5.26 Å². The van der Waals surface area contributed by atoms with Crippen LogP contribution in [-0.2, 0) is 4.74 Å². The van der Waals surface area contributed by atoms with Crippen molar-refractivity contribution >= 4 is 11.6 Å². The molecule has 2 aliphatic rings. The Morgan fingerprint density at radius 3 is 2.77 bits per heavy atom. The Kier molecular flexibility index (Phi) is 5.88. The second-order valence-electron chi connectivity index (χ2n) is 8.91. The highest BCUT2D eigenvalue weighted by Gasteiger charge is 2.46. The van der Waals surface area contributed by atoms with Gasteiger partial charge < -0.3 is 20.1 Å². The van der Waals surface area contributed by atoms with Crippen molar-refractivity contribution in [2.75, 3.05) is 25.1 Å². The maximum atomic E-state index is 12.7. The first-order valence-electron chi connectivity index (χ1n) is 10.9. The summed E-state index contributed by atoms with van der Waals surface area (Å²) in [5, 5.41) is 16.1. The van der Waals surface area contributed by atoms with Crippen LogP contribution in [0.4, 0.5) is 5.69 Å². The maximum absolute atomic E-state index is 12.7. The van der Waals surface area contributed by atoms with Gasteiger partial charge >= 0.3 is 0 Å². The van der Waals surface area contributed by atoms with Gasteiger partial charge in [-0.15, -0.1) is 0 Å². The molecular weight excluding hydrogens is 390 g/mol. The van der Waals surface area contributed by atoms with Gasteiger partial charge in [0.05, 0.1) is 24.3 Å². The van der Waals surface area contributed by atoms with E-state index >= 15 is 0 Å². The molecule has 2 aliphatic heterocycles. The summed E-state index contributed by atoms with van der Waals surface area (Å²) in [6, 6.07) is 15.3. The summed E-state index contributed by atoms with van der Waals surface area (Å²) < 4.78 is 11.5. The number of fused-ring (bicyclic) bond motifs is 3. The van der Waals surface area contributed by atoms with Crippen LogP contribution in [0.15, 0.2) is 42.5 Å². The lowest BCUT2D eigenvalue weighted by Crippen LogP contribution is -2.51. The smallest absolute Gasteiger partial charge is 0.251 e. The molecule has 2 aromatic rings. The van der Waals surface area contributed by atoms with E-state index in [1.54, 1.807) is 12.1 Å². The average Bonchev–Trinajstić information content (AvgIpc) is 3.27. The van der Waals surface area contributed by atoms with E-state index in [0.717, 1.165) is 23.4 Å². The van der Waals surface area contributed by atoms with Crippen molar-refractivity contribution in [1.82, 2.24) is 5.32 Å². The Morgan fingerprint density at radius 2 is 2.06 bits per heavy atom. The molecule has 1 amide bonds. The van der Waals surface area contributed by atoms with E-state index in [1.807, 2.05) is 37.3 Å². The second kappa shape index (κ2) is 8.60. The number of nitrogens with one attached hydrogen (secondary N) is 2. The predicted octanol–water partition coefficient (Wildman–Crippen LogP) is 4.28. The number of benzene rings is 2. The highest BCUT2D eigenvalue weighted by Crippen LogP contribution is 2.48. The molecule has 2 N–H and O–H groups in total. The molecule has 0 bridgehead atoms. The third-order valence-corrected chi connectivity index (χ3v) is 6.34. The number of anilines is 1. The van der Waals surface area contributed by atoms with Crippen LogP contribution in [0, 0.1) is 22.7 Å². The van der Waals surface area contributed by atoms with Crippen molar-refractivity contribution in [2.45, 2.75) is 39.3 Å². The van der Waals surface area contributed by atoms with Crippen molar-refractivity contribution in [3.05, 3.63) is 59.2 Å². The molecule has 3 atom stereocenters. The van der Waals surface area contributed by atoms with Crippen LogP contribution in [0.2, 0.25) is 0 Å². The van der Waals surface area contributed by atoms with E-state index in [1.165, 1.54) is 0 Å². The van der Waals surface area contributed by atoms with Crippen LogP contribution in [-0.4, -0.2) is 31.7 Å². The zero-order valence-corrected chi connectivity index (χ0v) is 18.3. The molecule has 6 heteroatoms. The molecule has 4 rings (SSSR count). The molecule has 0 radical (unpaired) electrons. The lowest BCUT2D eigenvalue weighted by Gasteiger charge is -2.45. The van der Waals surface area contributed by atoms with Gasteiger partial charge in [-0.2, -0.15) is 5.26 Å². The third kappa shape index (κ3) is 4.24. The Bertz CT molecular complexity index is 994. The molecule has 0 spiro atoms. The number of rotatable bonds is 6. The Morgan fingerprint density at radius 1 is 1.29 bits per heavy atom. The standard InChI is InChI=1S/C25H29N3O3/c1-4-30-18-8-6-17(7-9-18)24(29)27-15-25(2,3)23-19-11-12-31-22(19)20-13-16(14-26)5-10-21(20)28-23/h5-10,13,19,22-23,28H,4,11-12,15H2,1-3H3,(H,27,29)/t19-,22-,23-/m1/s1. The van der Waals surface area contributed by atoms with Crippen molar-refractivity contribution in [3.63, 3.8) is 0 Å². The van der Waals surface area contributed by atoms with Gasteiger partial charge in [-0.05, 0) is 55.8 Å². The molecule has 0 saturated carbocycles. The van der Waals surface area contributed by atoms with Crippen molar-refractivity contribution in [3.8, 4) is 11.8 Å². The fourth-order valence-corrected chi connectivity index (χ4v) is 4.71. The summed E-state index contributed by atoms with van der Waals surface area (Å²) in [5.74, 6) is 0.959. The minimum absolute atomic E-state index is 0.0179. The number of amides is 1. The number of ether oxygens (including phenoxy) is 2. The first-order chi connectivity index (χ1) is 14.9. The number of carbonyl (C=O) groups excluding carboxylic acids is 1. The molecule has 2 heterocycles. The first kappa shape index (κ1) is 21.2. The number of carbonyl (C=O) groups is 1. The number of hydrogen-bond acceptors (Lipinski definition) is 5. The maximum Gasteiger partial charge on any atom is 0.251 e. The van der Waals surface area contributed by atoms with E-state index in [0.29, 0.717) is 36.8 Å². The van der Waals surface area contributed by atoms with Crippen LogP contribution < -0.4 is 15.4 Å². The molecule has 0 aliphatic carbocycles. The molecule has 1 fully saturated rings. The van der Waals surface area contributed by atoms with Gasteiger partial charge in [0, 0.05) is 47.3 Å². The molecule has 31 heavy (non-hydrogen) atoms. The Hall–Kier alpha value is -3.04. The van der Waals surface area contributed by atoms with E-state index in [9.17, 15) is 10.1 Å². The summed E-state index contributed by atoms with van der Waals surface area (Å²) in [5.41, 5.74) is 3.14. The molecule has 162 valence electrons. The minimum atomic E-state index is -0.205. The van der Waals surface area contributed by atoms with E-state index < -0.39 is 0 Å². The molecule has 0 aromatic heterocycles. The molecular formula is C25H29N3O3. The van der Waals surface area contributed by atoms with Crippen molar-refractivity contribution < 1.29 is 14.3 Å². The van der Waals surface area contributed by atoms with Gasteiger partial charge in [-0.3, -0.25) is 4.79 Å². The van der Waals surface area contributed by atoms with Crippen LogP contribution >= 0.6 is 0 Å². The largest absolute Gasteiger partial charge is 0.494 e. The first-order valence-corrected chi connectivity index (χ1v) is 10.9. The van der Waals surface area contributed by atoms with Gasteiger partial charge in [0.25, 0.3) is 5.91 Å². The predicted molar refractivity (Wildman–Crippen MR) is 119 cm³/mol. The van der Waals surface area contributed by atoms with Crippen LogP contribution in [0.1, 0.15) is 54.8 Å². The van der Waals surface area contributed by atoms with E-state index in [4.69, 9.17) is 9.47 Å². The van der Waals surface area contributed by atoms with Gasteiger partial charge in [0.1, 0.15) is 5.75 Å². The normalized spacial score (nSPS) is 21.9. The highest BCUT2D eigenvalue weighted by molar-refractivity contribution is 5.94. The number of nitriles is 1. The molecule has 1 saturated heterocycles. The second-order valence-corrected chi connectivity index (χ2v) is 8.91. The zero-order valence-electron chi connectivity index (χ0n) is 18.3. The van der Waals surface area contributed by atoms with Gasteiger partial charge in [-0.25, -0.2) is 0 Å². The molecule has 6 nitrogen and oxygen atoms in total. The summed E-state index contributed by atoms with van der Waals surface area (Å²) >= 11 is 0. The van der Waals surface area contributed by atoms with Gasteiger partial charge in [0.15, 0.2) is 0 Å². The highest BCUT2D eigenvalue weighted by atomic mass is 16.5. The minimum Gasteiger partial charge on any atom is -0.494 e. The summed E-state index contributed by atoms with van der Waals surface area (Å²) in [4.78, 5) is 12.7. The van der Waals surface area contributed by atoms with Gasteiger partial charge in [0.2, 0.25) is 0 Å².